The van der Waals surface area contributed by atoms with Gasteiger partial charge >= 0.3 is 0 Å². The molecule has 0 radical (unpaired) electrons. The summed E-state index contributed by atoms with van der Waals surface area (Å²) in [5.74, 6) is 0.906. The van der Waals surface area contributed by atoms with Gasteiger partial charge in [0.05, 0.1) is 23.0 Å². The van der Waals surface area contributed by atoms with Crippen LogP contribution in [0, 0.1) is 13.8 Å². The van der Waals surface area contributed by atoms with Crippen molar-refractivity contribution in [2.24, 2.45) is 0 Å². The first-order chi connectivity index (χ1) is 14.6. The predicted octanol–water partition coefficient (Wildman–Crippen LogP) is 5.67. The predicted molar refractivity (Wildman–Crippen MR) is 121 cm³/mol. The number of benzene rings is 3. The molecule has 0 bridgehead atoms. The van der Waals surface area contributed by atoms with Crippen molar-refractivity contribution in [1.82, 2.24) is 4.98 Å². The van der Waals surface area contributed by atoms with Crippen molar-refractivity contribution < 1.29 is 14.3 Å². The zero-order valence-electron chi connectivity index (χ0n) is 17.1. The van der Waals surface area contributed by atoms with Crippen LogP contribution in [0.25, 0.3) is 10.2 Å². The van der Waals surface area contributed by atoms with Gasteiger partial charge in [-0.1, -0.05) is 41.7 Å². The van der Waals surface area contributed by atoms with Crippen molar-refractivity contribution in [3.63, 3.8) is 0 Å². The minimum atomic E-state index is -0.205. The van der Waals surface area contributed by atoms with Crippen LogP contribution in [-0.2, 0) is 4.79 Å². The SMILES string of the molecule is COc1ccccc1OCC(=O)N(c1ccc(C)c(C)c1)c1nc2ccccc2s1. The van der Waals surface area contributed by atoms with Crippen LogP contribution >= 0.6 is 11.3 Å². The molecule has 0 spiro atoms. The first kappa shape index (κ1) is 19.9. The number of nitrogens with zero attached hydrogens (tertiary/aromatic N) is 2. The number of thiazole rings is 1. The van der Waals surface area contributed by atoms with E-state index in [0.717, 1.165) is 21.5 Å². The molecule has 1 amide bonds. The molecule has 6 heteroatoms. The van der Waals surface area contributed by atoms with Crippen molar-refractivity contribution in [3.8, 4) is 11.5 Å². The van der Waals surface area contributed by atoms with Gasteiger partial charge in [-0.2, -0.15) is 0 Å². The summed E-state index contributed by atoms with van der Waals surface area (Å²) in [5.41, 5.74) is 3.91. The maximum absolute atomic E-state index is 13.3. The normalized spacial score (nSPS) is 10.8. The van der Waals surface area contributed by atoms with Gasteiger partial charge in [-0.15, -0.1) is 0 Å². The van der Waals surface area contributed by atoms with Gasteiger partial charge in [0.1, 0.15) is 0 Å². The van der Waals surface area contributed by atoms with Crippen LogP contribution in [0.3, 0.4) is 0 Å². The fourth-order valence-corrected chi connectivity index (χ4v) is 4.13. The van der Waals surface area contributed by atoms with Gasteiger partial charge < -0.3 is 9.47 Å². The number of para-hydroxylation sites is 3. The summed E-state index contributed by atoms with van der Waals surface area (Å²) < 4.78 is 12.1. The molecular weight excluding hydrogens is 396 g/mol. The first-order valence-corrected chi connectivity index (χ1v) is 10.4. The van der Waals surface area contributed by atoms with Crippen LogP contribution in [-0.4, -0.2) is 24.6 Å². The molecule has 3 aromatic carbocycles. The van der Waals surface area contributed by atoms with Crippen LogP contribution in [0.15, 0.2) is 66.7 Å². The zero-order valence-corrected chi connectivity index (χ0v) is 17.9. The second-order valence-electron chi connectivity index (χ2n) is 6.90. The molecule has 0 atom stereocenters. The Morgan fingerprint density at radius 2 is 1.70 bits per heavy atom. The number of fused-ring (bicyclic) bond motifs is 1. The number of anilines is 2. The zero-order chi connectivity index (χ0) is 21.1. The van der Waals surface area contributed by atoms with E-state index in [0.29, 0.717) is 16.6 Å². The highest BCUT2D eigenvalue weighted by Gasteiger charge is 2.23. The van der Waals surface area contributed by atoms with E-state index in [4.69, 9.17) is 14.5 Å². The van der Waals surface area contributed by atoms with Crippen molar-refractivity contribution in [2.45, 2.75) is 13.8 Å². The number of methoxy groups -OCH3 is 1. The Balaban J connectivity index is 1.69. The second-order valence-corrected chi connectivity index (χ2v) is 7.91. The molecule has 0 aliphatic heterocycles. The van der Waals surface area contributed by atoms with Crippen molar-refractivity contribution in [2.75, 3.05) is 18.6 Å². The van der Waals surface area contributed by atoms with E-state index in [1.54, 1.807) is 24.1 Å². The highest BCUT2D eigenvalue weighted by Crippen LogP contribution is 2.34. The largest absolute Gasteiger partial charge is 0.493 e. The monoisotopic (exact) mass is 418 g/mol. The fourth-order valence-electron chi connectivity index (χ4n) is 3.12. The topological polar surface area (TPSA) is 51.7 Å². The minimum absolute atomic E-state index is 0.136. The number of carbonyl (C=O) groups excluding carboxylic acids is 1. The number of aryl methyl sites for hydroxylation is 2. The molecule has 0 aliphatic rings. The third kappa shape index (κ3) is 4.00. The first-order valence-electron chi connectivity index (χ1n) is 9.58. The Kier molecular flexibility index (Phi) is 5.68. The molecule has 0 aliphatic carbocycles. The molecule has 1 heterocycles. The molecule has 5 nitrogen and oxygen atoms in total. The lowest BCUT2D eigenvalue weighted by Gasteiger charge is -2.21. The standard InChI is InChI=1S/C24H22N2O3S/c1-16-12-13-18(14-17(16)2)26(24-25-19-8-4-7-11-22(19)30-24)23(27)15-29-21-10-6-5-9-20(21)28-3/h4-14H,15H2,1-3H3. The van der Waals surface area contributed by atoms with Gasteiger partial charge in [0, 0.05) is 0 Å². The van der Waals surface area contributed by atoms with Crippen LogP contribution < -0.4 is 14.4 Å². The Morgan fingerprint density at radius 3 is 2.43 bits per heavy atom. The maximum Gasteiger partial charge on any atom is 0.271 e. The summed E-state index contributed by atoms with van der Waals surface area (Å²) in [7, 11) is 1.58. The number of ether oxygens (including phenoxy) is 2. The molecule has 0 N–H and O–H groups in total. The van der Waals surface area contributed by atoms with Gasteiger partial charge in [-0.05, 0) is 61.4 Å². The van der Waals surface area contributed by atoms with E-state index in [1.165, 1.54) is 16.9 Å². The third-order valence-electron chi connectivity index (χ3n) is 4.89. The fraction of sp³-hybridized carbons (Fsp3) is 0.167. The Labute approximate surface area is 179 Å². The molecule has 152 valence electrons. The van der Waals surface area contributed by atoms with E-state index in [9.17, 15) is 4.79 Å². The second kappa shape index (κ2) is 8.55. The molecule has 30 heavy (non-hydrogen) atoms. The van der Waals surface area contributed by atoms with Gasteiger partial charge in [-0.25, -0.2) is 4.98 Å². The van der Waals surface area contributed by atoms with E-state index in [-0.39, 0.29) is 12.5 Å². The quantitative estimate of drug-likeness (QED) is 0.405. The number of rotatable bonds is 6. The Hall–Kier alpha value is -3.38. The number of aromatic nitrogens is 1. The highest BCUT2D eigenvalue weighted by molar-refractivity contribution is 7.22. The minimum Gasteiger partial charge on any atom is -0.493 e. The number of amides is 1. The molecular formula is C24H22N2O3S. The summed E-state index contributed by atoms with van der Waals surface area (Å²) in [6.07, 6.45) is 0. The summed E-state index contributed by atoms with van der Waals surface area (Å²) >= 11 is 1.48. The lowest BCUT2D eigenvalue weighted by atomic mass is 10.1. The van der Waals surface area contributed by atoms with Crippen molar-refractivity contribution >= 4 is 38.3 Å². The van der Waals surface area contributed by atoms with Crippen LogP contribution in [0.2, 0.25) is 0 Å². The van der Waals surface area contributed by atoms with E-state index >= 15 is 0 Å². The summed E-state index contributed by atoms with van der Waals surface area (Å²) in [6.45, 7) is 3.95. The summed E-state index contributed by atoms with van der Waals surface area (Å²) in [5, 5.41) is 0.619. The maximum atomic E-state index is 13.3. The average Bonchev–Trinajstić information content (AvgIpc) is 3.18. The average molecular weight is 419 g/mol. The van der Waals surface area contributed by atoms with Crippen LogP contribution in [0.1, 0.15) is 11.1 Å². The van der Waals surface area contributed by atoms with Gasteiger partial charge in [-0.3, -0.25) is 9.69 Å². The van der Waals surface area contributed by atoms with Gasteiger partial charge in [0.15, 0.2) is 23.2 Å². The van der Waals surface area contributed by atoms with Crippen molar-refractivity contribution in [3.05, 3.63) is 77.9 Å². The van der Waals surface area contributed by atoms with Crippen molar-refractivity contribution in [1.29, 1.82) is 0 Å². The molecule has 1 aromatic heterocycles. The molecule has 0 unspecified atom stereocenters. The lowest BCUT2D eigenvalue weighted by Crippen LogP contribution is -2.31. The Morgan fingerprint density at radius 1 is 0.967 bits per heavy atom. The summed E-state index contributed by atoms with van der Waals surface area (Å²) in [4.78, 5) is 19.6. The number of carbonyl (C=O) groups is 1. The number of hydrogen-bond donors (Lipinski definition) is 0. The van der Waals surface area contributed by atoms with E-state index in [1.807, 2.05) is 68.4 Å². The van der Waals surface area contributed by atoms with E-state index in [2.05, 4.69) is 0 Å². The van der Waals surface area contributed by atoms with Gasteiger partial charge in [0.2, 0.25) is 0 Å². The number of hydrogen-bond acceptors (Lipinski definition) is 5. The summed E-state index contributed by atoms with van der Waals surface area (Å²) in [6, 6.07) is 21.1. The van der Waals surface area contributed by atoms with Crippen LogP contribution in [0.4, 0.5) is 10.8 Å². The molecule has 0 saturated heterocycles. The molecule has 4 aromatic rings. The highest BCUT2D eigenvalue weighted by atomic mass is 32.1. The van der Waals surface area contributed by atoms with Gasteiger partial charge in [0.25, 0.3) is 5.91 Å². The lowest BCUT2D eigenvalue weighted by molar-refractivity contribution is -0.119. The third-order valence-corrected chi connectivity index (χ3v) is 5.91. The smallest absolute Gasteiger partial charge is 0.271 e. The van der Waals surface area contributed by atoms with E-state index < -0.39 is 0 Å². The molecule has 4 rings (SSSR count). The molecule has 0 saturated carbocycles. The molecule has 0 fully saturated rings. The van der Waals surface area contributed by atoms with Crippen LogP contribution in [0.5, 0.6) is 11.5 Å². The Bertz CT molecular complexity index is 1170.